The number of hydrogen-bond donors (Lipinski definition) is 1. The predicted octanol–water partition coefficient (Wildman–Crippen LogP) is 6.84. The third-order valence-corrected chi connectivity index (χ3v) is 5.50. The summed E-state index contributed by atoms with van der Waals surface area (Å²) in [6.45, 7) is 3.35. The number of aromatic nitrogens is 1. The third-order valence-electron chi connectivity index (χ3n) is 5.50. The molecule has 0 radical (unpaired) electrons. The number of nitrogens with zero attached hydrogens (tertiary/aromatic N) is 1. The minimum absolute atomic E-state index is 0.0577. The zero-order valence-electron chi connectivity index (χ0n) is 19.1. The Bertz CT molecular complexity index is 1400. The number of fused-ring (bicyclic) bond motifs is 1. The minimum Gasteiger partial charge on any atom is -0.491 e. The summed E-state index contributed by atoms with van der Waals surface area (Å²) in [4.78, 5) is 16.1. The van der Waals surface area contributed by atoms with Gasteiger partial charge in [0.05, 0.1) is 28.9 Å². The quantitative estimate of drug-likeness (QED) is 0.212. The molecule has 4 rings (SSSR count). The molecule has 0 aliphatic carbocycles. The lowest BCUT2D eigenvalue weighted by atomic mass is 9.99. The van der Waals surface area contributed by atoms with Crippen molar-refractivity contribution < 1.29 is 36.9 Å². The molecular weight excluding hydrogens is 478 g/mol. The van der Waals surface area contributed by atoms with E-state index >= 15 is 4.39 Å². The molecule has 3 aromatic carbocycles. The van der Waals surface area contributed by atoms with E-state index in [2.05, 4.69) is 4.98 Å². The highest BCUT2D eigenvalue weighted by molar-refractivity contribution is 6.04. The smallest absolute Gasteiger partial charge is 0.416 e. The van der Waals surface area contributed by atoms with Gasteiger partial charge in [-0.3, -0.25) is 0 Å². The number of ether oxygens (including phenoxy) is 2. The predicted molar refractivity (Wildman–Crippen MR) is 127 cm³/mol. The summed E-state index contributed by atoms with van der Waals surface area (Å²) in [6, 6.07) is 15.0. The molecule has 0 fully saturated rings. The molecule has 0 amide bonds. The summed E-state index contributed by atoms with van der Waals surface area (Å²) in [5.74, 6) is -1.36. The molecule has 1 heterocycles. The number of alkyl halides is 3. The number of aromatic carboxylic acids is 1. The molecule has 0 saturated heterocycles. The Hall–Kier alpha value is -3.98. The van der Waals surface area contributed by atoms with Gasteiger partial charge in [-0.2, -0.15) is 13.2 Å². The second-order valence-electron chi connectivity index (χ2n) is 7.85. The Morgan fingerprint density at radius 2 is 1.67 bits per heavy atom. The van der Waals surface area contributed by atoms with E-state index in [4.69, 9.17) is 9.47 Å². The van der Waals surface area contributed by atoms with Gasteiger partial charge in [-0.1, -0.05) is 24.3 Å². The number of carbonyl (C=O) groups is 1. The van der Waals surface area contributed by atoms with Crippen molar-refractivity contribution in [1.82, 2.24) is 4.98 Å². The second-order valence-corrected chi connectivity index (χ2v) is 7.85. The van der Waals surface area contributed by atoms with Gasteiger partial charge in [-0.05, 0) is 55.0 Å². The van der Waals surface area contributed by atoms with Gasteiger partial charge in [0.1, 0.15) is 18.2 Å². The number of benzene rings is 3. The molecular formula is C27H21F4NO4. The summed E-state index contributed by atoms with van der Waals surface area (Å²) >= 11 is 0. The van der Waals surface area contributed by atoms with Crippen LogP contribution in [-0.2, 0) is 10.9 Å². The standard InChI is InChI=1S/C27H21F4NO4/c1-2-35-11-12-36-19-7-3-16(4-8-19)20-9-5-17(13-23(20)28)25-15-22(26(33)34)21-14-18(27(29,30)31)6-10-24(21)32-25/h3-10,13-15H,2,11-12H2,1H3,(H,33,34). The zero-order chi connectivity index (χ0) is 25.9. The van der Waals surface area contributed by atoms with E-state index < -0.39 is 23.5 Å². The van der Waals surface area contributed by atoms with E-state index in [1.54, 1.807) is 30.3 Å². The van der Waals surface area contributed by atoms with Gasteiger partial charge in [0.25, 0.3) is 0 Å². The lowest BCUT2D eigenvalue weighted by molar-refractivity contribution is -0.137. The average molecular weight is 499 g/mol. The van der Waals surface area contributed by atoms with Crippen LogP contribution in [0, 0.1) is 5.82 Å². The maximum Gasteiger partial charge on any atom is 0.416 e. The van der Waals surface area contributed by atoms with E-state index in [1.165, 1.54) is 12.1 Å². The number of carboxylic acids is 1. The number of rotatable bonds is 8. The number of hydrogen-bond acceptors (Lipinski definition) is 4. The molecule has 0 aliphatic heterocycles. The van der Waals surface area contributed by atoms with Crippen molar-refractivity contribution in [1.29, 1.82) is 0 Å². The monoisotopic (exact) mass is 499 g/mol. The molecule has 0 spiro atoms. The number of carboxylic acid groups (broad SMARTS) is 1. The maximum atomic E-state index is 15.0. The highest BCUT2D eigenvalue weighted by Gasteiger charge is 2.31. The van der Waals surface area contributed by atoms with Crippen LogP contribution in [0.1, 0.15) is 22.8 Å². The van der Waals surface area contributed by atoms with Crippen LogP contribution in [0.4, 0.5) is 17.6 Å². The first-order valence-electron chi connectivity index (χ1n) is 11.0. The van der Waals surface area contributed by atoms with Crippen molar-refractivity contribution in [2.24, 2.45) is 0 Å². The Morgan fingerprint density at radius 3 is 2.31 bits per heavy atom. The lowest BCUT2D eigenvalue weighted by Crippen LogP contribution is -2.06. The molecule has 0 unspecified atom stereocenters. The molecule has 4 aromatic rings. The van der Waals surface area contributed by atoms with Crippen molar-refractivity contribution in [3.63, 3.8) is 0 Å². The molecule has 1 N–H and O–H groups in total. The summed E-state index contributed by atoms with van der Waals surface area (Å²) in [6.07, 6.45) is -4.63. The number of pyridine rings is 1. The second kappa shape index (κ2) is 10.3. The Morgan fingerprint density at radius 1 is 0.944 bits per heavy atom. The van der Waals surface area contributed by atoms with Crippen molar-refractivity contribution >= 4 is 16.9 Å². The summed E-state index contributed by atoms with van der Waals surface area (Å²) in [5.41, 5.74) is 0.0582. The van der Waals surface area contributed by atoms with E-state index in [-0.39, 0.29) is 27.7 Å². The van der Waals surface area contributed by atoms with Crippen LogP contribution in [0.5, 0.6) is 5.75 Å². The van der Waals surface area contributed by atoms with Crippen LogP contribution < -0.4 is 4.74 Å². The van der Waals surface area contributed by atoms with Crippen molar-refractivity contribution in [2.45, 2.75) is 13.1 Å². The molecule has 0 aliphatic rings. The van der Waals surface area contributed by atoms with Crippen LogP contribution >= 0.6 is 0 Å². The van der Waals surface area contributed by atoms with E-state index in [1.807, 2.05) is 6.92 Å². The minimum atomic E-state index is -4.63. The van der Waals surface area contributed by atoms with Gasteiger partial charge in [0, 0.05) is 23.1 Å². The average Bonchev–Trinajstić information content (AvgIpc) is 2.85. The summed E-state index contributed by atoms with van der Waals surface area (Å²) in [5, 5.41) is 9.45. The summed E-state index contributed by atoms with van der Waals surface area (Å²) in [7, 11) is 0. The molecule has 0 saturated carbocycles. The molecule has 1 aromatic heterocycles. The topological polar surface area (TPSA) is 68.7 Å². The van der Waals surface area contributed by atoms with Crippen LogP contribution in [0.15, 0.2) is 66.7 Å². The Kier molecular flexibility index (Phi) is 7.21. The van der Waals surface area contributed by atoms with Crippen LogP contribution in [0.3, 0.4) is 0 Å². The van der Waals surface area contributed by atoms with E-state index in [0.717, 1.165) is 24.3 Å². The number of halogens is 4. The lowest BCUT2D eigenvalue weighted by Gasteiger charge is -2.12. The fraction of sp³-hybridized carbons (Fsp3) is 0.185. The Balaban J connectivity index is 1.64. The SMILES string of the molecule is CCOCCOc1ccc(-c2ccc(-c3cc(C(=O)O)c4cc(C(F)(F)F)ccc4n3)cc2F)cc1. The van der Waals surface area contributed by atoms with Gasteiger partial charge in [-0.25, -0.2) is 14.2 Å². The molecule has 5 nitrogen and oxygen atoms in total. The normalized spacial score (nSPS) is 11.6. The van der Waals surface area contributed by atoms with Gasteiger partial charge < -0.3 is 14.6 Å². The third kappa shape index (κ3) is 5.46. The fourth-order valence-corrected chi connectivity index (χ4v) is 3.73. The van der Waals surface area contributed by atoms with Crippen LogP contribution in [-0.4, -0.2) is 35.9 Å². The van der Waals surface area contributed by atoms with Crippen molar-refractivity contribution in [2.75, 3.05) is 19.8 Å². The van der Waals surface area contributed by atoms with Crippen molar-refractivity contribution in [3.8, 4) is 28.1 Å². The zero-order valence-corrected chi connectivity index (χ0v) is 19.1. The van der Waals surface area contributed by atoms with Crippen molar-refractivity contribution in [3.05, 3.63) is 83.7 Å². The van der Waals surface area contributed by atoms with E-state index in [0.29, 0.717) is 36.7 Å². The first-order chi connectivity index (χ1) is 17.2. The highest BCUT2D eigenvalue weighted by Crippen LogP contribution is 2.34. The van der Waals surface area contributed by atoms with Gasteiger partial charge in [-0.15, -0.1) is 0 Å². The largest absolute Gasteiger partial charge is 0.491 e. The van der Waals surface area contributed by atoms with Crippen LogP contribution in [0.25, 0.3) is 33.3 Å². The molecule has 0 bridgehead atoms. The van der Waals surface area contributed by atoms with E-state index in [9.17, 15) is 23.1 Å². The van der Waals surface area contributed by atoms with Gasteiger partial charge in [0.15, 0.2) is 0 Å². The van der Waals surface area contributed by atoms with Gasteiger partial charge in [0.2, 0.25) is 0 Å². The molecule has 0 atom stereocenters. The first-order valence-corrected chi connectivity index (χ1v) is 11.0. The highest BCUT2D eigenvalue weighted by atomic mass is 19.4. The van der Waals surface area contributed by atoms with Gasteiger partial charge >= 0.3 is 12.1 Å². The van der Waals surface area contributed by atoms with Crippen LogP contribution in [0.2, 0.25) is 0 Å². The Labute approximate surface area is 203 Å². The summed E-state index contributed by atoms with van der Waals surface area (Å²) < 4.78 is 65.1. The molecule has 186 valence electrons. The molecule has 36 heavy (non-hydrogen) atoms. The first kappa shape index (κ1) is 25.1. The molecule has 9 heteroatoms. The maximum absolute atomic E-state index is 15.0. The fourth-order valence-electron chi connectivity index (χ4n) is 3.73.